The van der Waals surface area contributed by atoms with Gasteiger partial charge in [-0.05, 0) is 23.5 Å². The first-order chi connectivity index (χ1) is 9.93. The molecule has 1 aromatic carbocycles. The number of hydrogen-bond donors (Lipinski definition) is 1. The minimum Gasteiger partial charge on any atom is -0.324 e. The van der Waals surface area contributed by atoms with E-state index in [1.54, 1.807) is 0 Å². The molecule has 0 aliphatic rings. The normalized spacial score (nSPS) is 12.9. The highest BCUT2D eigenvalue weighted by Crippen LogP contribution is 2.26. The van der Waals surface area contributed by atoms with Gasteiger partial charge in [-0.2, -0.15) is 5.10 Å². The molecular weight excluding hydrogens is 282 g/mol. The maximum absolute atomic E-state index is 6.39. The minimum atomic E-state index is -0.0659. The lowest BCUT2D eigenvalue weighted by Crippen LogP contribution is -2.15. The van der Waals surface area contributed by atoms with E-state index in [0.717, 1.165) is 28.4 Å². The van der Waals surface area contributed by atoms with Crippen LogP contribution < -0.4 is 5.73 Å². The Kier molecular flexibility index (Phi) is 5.07. The van der Waals surface area contributed by atoms with Crippen molar-refractivity contribution in [3.8, 4) is 0 Å². The standard InChI is InChI=1S/C17H24ClN3/c1-5-15-17(18)16(21(4)20-15)10-14(19)13-8-6-12(7-9-13)11(2)3/h6-9,11,14H,5,10,19H2,1-4H3. The summed E-state index contributed by atoms with van der Waals surface area (Å²) in [5.74, 6) is 0.536. The van der Waals surface area contributed by atoms with Gasteiger partial charge in [-0.1, -0.05) is 56.6 Å². The molecular formula is C17H24ClN3. The third-order valence-corrected chi connectivity index (χ3v) is 4.38. The fraction of sp³-hybridized carbons (Fsp3) is 0.471. The molecule has 3 nitrogen and oxygen atoms in total. The van der Waals surface area contributed by atoms with Crippen LogP contribution in [0.2, 0.25) is 5.02 Å². The lowest BCUT2D eigenvalue weighted by Gasteiger charge is -2.14. The molecule has 0 saturated carbocycles. The van der Waals surface area contributed by atoms with E-state index in [1.807, 2.05) is 11.7 Å². The Morgan fingerprint density at radius 1 is 1.19 bits per heavy atom. The Bertz CT molecular complexity index is 599. The number of hydrogen-bond acceptors (Lipinski definition) is 2. The molecule has 0 aliphatic heterocycles. The predicted molar refractivity (Wildman–Crippen MR) is 88.8 cm³/mol. The molecule has 0 radical (unpaired) electrons. The molecule has 2 rings (SSSR count). The summed E-state index contributed by atoms with van der Waals surface area (Å²) in [6.07, 6.45) is 1.54. The van der Waals surface area contributed by atoms with Gasteiger partial charge in [-0.3, -0.25) is 4.68 Å². The van der Waals surface area contributed by atoms with Crippen LogP contribution in [0.15, 0.2) is 24.3 Å². The number of nitrogens with two attached hydrogens (primary N) is 1. The van der Waals surface area contributed by atoms with Crippen LogP contribution in [0, 0.1) is 0 Å². The third kappa shape index (κ3) is 3.47. The molecule has 114 valence electrons. The van der Waals surface area contributed by atoms with Gasteiger partial charge in [0.2, 0.25) is 0 Å². The molecule has 1 aromatic heterocycles. The van der Waals surface area contributed by atoms with Crippen LogP contribution >= 0.6 is 11.6 Å². The predicted octanol–water partition coefficient (Wildman–Crippen LogP) is 4.00. The zero-order chi connectivity index (χ0) is 15.6. The van der Waals surface area contributed by atoms with Crippen molar-refractivity contribution in [1.82, 2.24) is 9.78 Å². The van der Waals surface area contributed by atoms with Crippen LogP contribution in [0.1, 0.15) is 55.2 Å². The summed E-state index contributed by atoms with van der Waals surface area (Å²) in [5.41, 5.74) is 10.8. The third-order valence-electron chi connectivity index (χ3n) is 3.95. The first kappa shape index (κ1) is 16.1. The summed E-state index contributed by atoms with van der Waals surface area (Å²) >= 11 is 6.39. The van der Waals surface area contributed by atoms with Crippen molar-refractivity contribution in [2.24, 2.45) is 12.8 Å². The van der Waals surface area contributed by atoms with E-state index < -0.39 is 0 Å². The Balaban J connectivity index is 2.18. The van der Waals surface area contributed by atoms with Crippen LogP contribution in [-0.4, -0.2) is 9.78 Å². The fourth-order valence-corrected chi connectivity index (χ4v) is 2.87. The second kappa shape index (κ2) is 6.63. The molecule has 1 unspecified atom stereocenters. The monoisotopic (exact) mass is 305 g/mol. The molecule has 2 aromatic rings. The van der Waals surface area contributed by atoms with Crippen molar-refractivity contribution in [2.75, 3.05) is 0 Å². The van der Waals surface area contributed by atoms with Gasteiger partial charge in [-0.25, -0.2) is 0 Å². The van der Waals surface area contributed by atoms with Crippen molar-refractivity contribution in [2.45, 2.75) is 45.6 Å². The molecule has 4 heteroatoms. The number of benzene rings is 1. The molecule has 21 heavy (non-hydrogen) atoms. The molecule has 1 atom stereocenters. The first-order valence-electron chi connectivity index (χ1n) is 7.49. The minimum absolute atomic E-state index is 0.0659. The SMILES string of the molecule is CCc1nn(C)c(CC(N)c2ccc(C(C)C)cc2)c1Cl. The second-order valence-electron chi connectivity index (χ2n) is 5.82. The summed E-state index contributed by atoms with van der Waals surface area (Å²) in [6.45, 7) is 6.44. The number of rotatable bonds is 5. The highest BCUT2D eigenvalue weighted by Gasteiger charge is 2.17. The quantitative estimate of drug-likeness (QED) is 0.907. The van der Waals surface area contributed by atoms with Gasteiger partial charge in [-0.15, -0.1) is 0 Å². The average Bonchev–Trinajstić information content (AvgIpc) is 2.74. The van der Waals surface area contributed by atoms with Crippen molar-refractivity contribution in [3.63, 3.8) is 0 Å². The Morgan fingerprint density at radius 3 is 2.24 bits per heavy atom. The van der Waals surface area contributed by atoms with Crippen molar-refractivity contribution >= 4 is 11.6 Å². The van der Waals surface area contributed by atoms with Gasteiger partial charge in [0.05, 0.1) is 16.4 Å². The largest absolute Gasteiger partial charge is 0.324 e. The lowest BCUT2D eigenvalue weighted by molar-refractivity contribution is 0.638. The summed E-state index contributed by atoms with van der Waals surface area (Å²) in [5, 5.41) is 5.20. The summed E-state index contributed by atoms with van der Waals surface area (Å²) in [4.78, 5) is 0. The van der Waals surface area contributed by atoms with E-state index >= 15 is 0 Å². The van der Waals surface area contributed by atoms with Crippen LogP contribution in [-0.2, 0) is 19.9 Å². The Morgan fingerprint density at radius 2 is 1.76 bits per heavy atom. The Labute approximate surface area is 132 Å². The van der Waals surface area contributed by atoms with E-state index in [4.69, 9.17) is 17.3 Å². The van der Waals surface area contributed by atoms with Crippen molar-refractivity contribution < 1.29 is 0 Å². The van der Waals surface area contributed by atoms with Crippen LogP contribution in [0.4, 0.5) is 0 Å². The molecule has 1 heterocycles. The number of nitrogens with zero attached hydrogens (tertiary/aromatic N) is 2. The van der Waals surface area contributed by atoms with Crippen molar-refractivity contribution in [3.05, 3.63) is 51.8 Å². The van der Waals surface area contributed by atoms with E-state index in [0.29, 0.717) is 12.3 Å². The maximum atomic E-state index is 6.39. The van der Waals surface area contributed by atoms with Gasteiger partial charge in [0, 0.05) is 19.5 Å². The zero-order valence-electron chi connectivity index (χ0n) is 13.2. The highest BCUT2D eigenvalue weighted by atomic mass is 35.5. The molecule has 0 fully saturated rings. The summed E-state index contributed by atoms with van der Waals surface area (Å²) in [7, 11) is 1.93. The lowest BCUT2D eigenvalue weighted by atomic mass is 9.97. The van der Waals surface area contributed by atoms with E-state index in [9.17, 15) is 0 Å². The zero-order valence-corrected chi connectivity index (χ0v) is 14.0. The first-order valence-corrected chi connectivity index (χ1v) is 7.87. The summed E-state index contributed by atoms with van der Waals surface area (Å²) < 4.78 is 1.85. The van der Waals surface area contributed by atoms with Crippen LogP contribution in [0.5, 0.6) is 0 Å². The topological polar surface area (TPSA) is 43.8 Å². The maximum Gasteiger partial charge on any atom is 0.0850 e. The van der Waals surface area contributed by atoms with Gasteiger partial charge in [0.25, 0.3) is 0 Å². The number of aromatic nitrogens is 2. The van der Waals surface area contributed by atoms with E-state index in [1.165, 1.54) is 5.56 Å². The summed E-state index contributed by atoms with van der Waals surface area (Å²) in [6, 6.07) is 8.48. The number of halogens is 1. The molecule has 0 aliphatic carbocycles. The van der Waals surface area contributed by atoms with E-state index in [2.05, 4.69) is 50.1 Å². The molecule has 0 amide bonds. The fourth-order valence-electron chi connectivity index (χ4n) is 2.50. The van der Waals surface area contributed by atoms with Gasteiger partial charge >= 0.3 is 0 Å². The molecule has 0 saturated heterocycles. The molecule has 0 bridgehead atoms. The van der Waals surface area contributed by atoms with E-state index in [-0.39, 0.29) is 6.04 Å². The highest BCUT2D eigenvalue weighted by molar-refractivity contribution is 6.31. The second-order valence-corrected chi connectivity index (χ2v) is 6.19. The van der Waals surface area contributed by atoms with Crippen LogP contribution in [0.3, 0.4) is 0 Å². The number of aryl methyl sites for hydroxylation is 2. The molecule has 0 spiro atoms. The molecule has 2 N–H and O–H groups in total. The van der Waals surface area contributed by atoms with Crippen molar-refractivity contribution in [1.29, 1.82) is 0 Å². The van der Waals surface area contributed by atoms with Gasteiger partial charge in [0.1, 0.15) is 0 Å². The average molecular weight is 306 g/mol. The van der Waals surface area contributed by atoms with Gasteiger partial charge in [0.15, 0.2) is 0 Å². The van der Waals surface area contributed by atoms with Gasteiger partial charge < -0.3 is 5.73 Å². The van der Waals surface area contributed by atoms with Crippen LogP contribution in [0.25, 0.3) is 0 Å². The smallest absolute Gasteiger partial charge is 0.0850 e. The Hall–Kier alpha value is -1.32.